The Morgan fingerprint density at radius 2 is 2.00 bits per heavy atom. The summed E-state index contributed by atoms with van der Waals surface area (Å²) in [6.07, 6.45) is 5.09. The van der Waals surface area contributed by atoms with Crippen molar-refractivity contribution in [3.05, 3.63) is 41.3 Å². The molecule has 4 atom stereocenters. The monoisotopic (exact) mass is 416 g/mol. The highest BCUT2D eigenvalue weighted by atomic mass is 32.2. The van der Waals surface area contributed by atoms with E-state index < -0.39 is 6.04 Å². The van der Waals surface area contributed by atoms with Crippen molar-refractivity contribution in [2.24, 2.45) is 11.8 Å². The molecular weight excluding hydrogens is 388 g/mol. The van der Waals surface area contributed by atoms with Gasteiger partial charge in [0.05, 0.1) is 6.04 Å². The van der Waals surface area contributed by atoms with Crippen LogP contribution in [0.15, 0.2) is 35.7 Å². The number of carbonyl (C=O) groups excluding carboxylic acids is 3. The van der Waals surface area contributed by atoms with E-state index in [9.17, 15) is 14.4 Å². The third kappa shape index (κ3) is 4.93. The highest BCUT2D eigenvalue weighted by Gasteiger charge is 2.50. The molecule has 0 bridgehead atoms. The van der Waals surface area contributed by atoms with E-state index in [-0.39, 0.29) is 42.1 Å². The van der Waals surface area contributed by atoms with Gasteiger partial charge in [-0.1, -0.05) is 12.1 Å². The standard InChI is InChI=1S/C21H28N4O3S/c1-25(2)14-6-4-13(5-7-14)17(12-22-18(26)10-11-29-3)23-21(28)19-15-8-9-16(15)20(27)24-19/h4-7,10-11,15-17,19H,8-9,12H2,1-3H3,(H,22,26)(H,23,28)(H,24,27)/b11-10+/t15-,16+,17?,19-/m1/s1. The molecule has 1 heterocycles. The minimum Gasteiger partial charge on any atom is -0.378 e. The van der Waals surface area contributed by atoms with Gasteiger partial charge < -0.3 is 20.9 Å². The van der Waals surface area contributed by atoms with Crippen LogP contribution in [0.5, 0.6) is 0 Å². The summed E-state index contributed by atoms with van der Waals surface area (Å²) in [4.78, 5) is 38.8. The molecular formula is C21H28N4O3S. The SMILES string of the molecule is CS/C=C/C(=O)NCC(NC(=O)[C@@H]1NC(=O)[C@H]2CC[C@H]21)c1ccc(N(C)C)cc1. The van der Waals surface area contributed by atoms with Gasteiger partial charge in [-0.3, -0.25) is 14.4 Å². The zero-order valence-corrected chi connectivity index (χ0v) is 17.8. The highest BCUT2D eigenvalue weighted by molar-refractivity contribution is 8.01. The number of nitrogens with zero attached hydrogens (tertiary/aromatic N) is 1. The number of hydrogen-bond acceptors (Lipinski definition) is 5. The van der Waals surface area contributed by atoms with E-state index in [1.54, 1.807) is 5.41 Å². The molecule has 1 aliphatic heterocycles. The number of carbonyl (C=O) groups is 3. The van der Waals surface area contributed by atoms with Crippen LogP contribution in [0.1, 0.15) is 24.4 Å². The number of fused-ring (bicyclic) bond motifs is 1. The van der Waals surface area contributed by atoms with E-state index in [0.29, 0.717) is 0 Å². The normalized spacial score (nSPS) is 23.7. The molecule has 0 spiro atoms. The number of thioether (sulfide) groups is 1. The van der Waals surface area contributed by atoms with Crippen LogP contribution in [0.3, 0.4) is 0 Å². The van der Waals surface area contributed by atoms with Gasteiger partial charge in [-0.15, -0.1) is 11.8 Å². The maximum absolute atomic E-state index is 12.9. The molecule has 2 fully saturated rings. The van der Waals surface area contributed by atoms with Gasteiger partial charge in [0.1, 0.15) is 6.04 Å². The van der Waals surface area contributed by atoms with Crippen molar-refractivity contribution in [1.29, 1.82) is 0 Å². The van der Waals surface area contributed by atoms with Crippen LogP contribution in [-0.4, -0.2) is 50.7 Å². The molecule has 3 N–H and O–H groups in total. The topological polar surface area (TPSA) is 90.5 Å². The van der Waals surface area contributed by atoms with Gasteiger partial charge in [0.25, 0.3) is 0 Å². The predicted molar refractivity (Wildman–Crippen MR) is 115 cm³/mol. The minimum atomic E-state index is -0.489. The van der Waals surface area contributed by atoms with Gasteiger partial charge >= 0.3 is 0 Å². The third-order valence-electron chi connectivity index (χ3n) is 5.64. The molecule has 8 heteroatoms. The molecule has 3 rings (SSSR count). The molecule has 1 aromatic carbocycles. The van der Waals surface area contributed by atoms with Crippen LogP contribution in [0.4, 0.5) is 5.69 Å². The van der Waals surface area contributed by atoms with Crippen molar-refractivity contribution in [1.82, 2.24) is 16.0 Å². The maximum atomic E-state index is 12.9. The molecule has 29 heavy (non-hydrogen) atoms. The van der Waals surface area contributed by atoms with E-state index in [0.717, 1.165) is 24.1 Å². The van der Waals surface area contributed by atoms with Crippen molar-refractivity contribution in [2.45, 2.75) is 24.9 Å². The lowest BCUT2D eigenvalue weighted by Crippen LogP contribution is -2.48. The zero-order valence-electron chi connectivity index (χ0n) is 17.0. The van der Waals surface area contributed by atoms with Gasteiger partial charge in [0.15, 0.2) is 0 Å². The summed E-state index contributed by atoms with van der Waals surface area (Å²) >= 11 is 1.44. The Morgan fingerprint density at radius 1 is 1.28 bits per heavy atom. The van der Waals surface area contributed by atoms with Crippen molar-refractivity contribution in [3.63, 3.8) is 0 Å². The molecule has 156 valence electrons. The molecule has 0 radical (unpaired) electrons. The van der Waals surface area contributed by atoms with Crippen molar-refractivity contribution >= 4 is 35.2 Å². The predicted octanol–water partition coefficient (Wildman–Crippen LogP) is 1.43. The number of anilines is 1. The van der Waals surface area contributed by atoms with Crippen molar-refractivity contribution in [3.8, 4) is 0 Å². The fourth-order valence-corrected chi connectivity index (χ4v) is 4.05. The number of amides is 3. The van der Waals surface area contributed by atoms with Crippen molar-refractivity contribution < 1.29 is 14.4 Å². The number of rotatable bonds is 8. The Labute approximate surface area is 175 Å². The van der Waals surface area contributed by atoms with E-state index in [4.69, 9.17) is 0 Å². The summed E-state index contributed by atoms with van der Waals surface area (Å²) in [7, 11) is 3.93. The first-order valence-corrected chi connectivity index (χ1v) is 11.0. The van der Waals surface area contributed by atoms with E-state index in [1.165, 1.54) is 17.8 Å². The first-order chi connectivity index (χ1) is 13.9. The fraction of sp³-hybridized carbons (Fsp3) is 0.476. The van der Waals surface area contributed by atoms with Crippen LogP contribution in [0.25, 0.3) is 0 Å². The summed E-state index contributed by atoms with van der Waals surface area (Å²) in [6, 6.07) is 6.97. The lowest BCUT2D eigenvalue weighted by molar-refractivity contribution is -0.127. The fourth-order valence-electron chi connectivity index (χ4n) is 3.79. The minimum absolute atomic E-state index is 0.0243. The second kappa shape index (κ2) is 9.35. The average molecular weight is 417 g/mol. The molecule has 3 amide bonds. The van der Waals surface area contributed by atoms with Gasteiger partial charge in [0, 0.05) is 38.3 Å². The molecule has 1 saturated heterocycles. The zero-order chi connectivity index (χ0) is 21.0. The van der Waals surface area contributed by atoms with E-state index in [1.807, 2.05) is 49.5 Å². The number of benzene rings is 1. The summed E-state index contributed by atoms with van der Waals surface area (Å²) in [5.41, 5.74) is 1.94. The number of hydrogen-bond donors (Lipinski definition) is 3. The summed E-state index contributed by atoms with van der Waals surface area (Å²) in [5.74, 6) is -0.375. The Morgan fingerprint density at radius 3 is 2.55 bits per heavy atom. The Bertz CT molecular complexity index is 794. The lowest BCUT2D eigenvalue weighted by Gasteiger charge is -2.31. The number of nitrogens with one attached hydrogen (secondary N) is 3. The highest BCUT2D eigenvalue weighted by Crippen LogP contribution is 2.41. The van der Waals surface area contributed by atoms with Crippen LogP contribution in [0.2, 0.25) is 0 Å². The van der Waals surface area contributed by atoms with Gasteiger partial charge in [-0.2, -0.15) is 0 Å². The molecule has 2 aliphatic rings. The summed E-state index contributed by atoms with van der Waals surface area (Å²) < 4.78 is 0. The Hall–Kier alpha value is -2.48. The van der Waals surface area contributed by atoms with Crippen LogP contribution in [-0.2, 0) is 14.4 Å². The maximum Gasteiger partial charge on any atom is 0.244 e. The quantitative estimate of drug-likeness (QED) is 0.558. The third-order valence-corrected chi connectivity index (χ3v) is 6.05. The van der Waals surface area contributed by atoms with E-state index >= 15 is 0 Å². The first-order valence-electron chi connectivity index (χ1n) is 9.76. The average Bonchev–Trinajstić information content (AvgIpc) is 2.90. The molecule has 0 aromatic heterocycles. The molecule has 1 aromatic rings. The van der Waals surface area contributed by atoms with E-state index in [2.05, 4.69) is 16.0 Å². The second-order valence-corrected chi connectivity index (χ2v) is 8.41. The van der Waals surface area contributed by atoms with Gasteiger partial charge in [-0.05, 0) is 48.1 Å². The Kier molecular flexibility index (Phi) is 6.84. The van der Waals surface area contributed by atoms with Crippen LogP contribution >= 0.6 is 11.8 Å². The largest absolute Gasteiger partial charge is 0.378 e. The van der Waals surface area contributed by atoms with Crippen LogP contribution in [0, 0.1) is 11.8 Å². The molecule has 7 nitrogen and oxygen atoms in total. The molecule has 1 unspecified atom stereocenters. The lowest BCUT2D eigenvalue weighted by atomic mass is 9.72. The Balaban J connectivity index is 1.71. The second-order valence-electron chi connectivity index (χ2n) is 7.66. The van der Waals surface area contributed by atoms with Crippen molar-refractivity contribution in [2.75, 3.05) is 31.8 Å². The molecule has 1 aliphatic carbocycles. The summed E-state index contributed by atoms with van der Waals surface area (Å²) in [5, 5.41) is 10.4. The van der Waals surface area contributed by atoms with Gasteiger partial charge in [-0.25, -0.2) is 0 Å². The smallest absolute Gasteiger partial charge is 0.244 e. The summed E-state index contributed by atoms with van der Waals surface area (Å²) in [6.45, 7) is 0.263. The first kappa shape index (κ1) is 21.2. The van der Waals surface area contributed by atoms with Gasteiger partial charge in [0.2, 0.25) is 17.7 Å². The molecule has 1 saturated carbocycles. The van der Waals surface area contributed by atoms with Crippen LogP contribution < -0.4 is 20.9 Å².